The third-order valence-corrected chi connectivity index (χ3v) is 5.22. The predicted octanol–water partition coefficient (Wildman–Crippen LogP) is 4.24. The first-order valence-corrected chi connectivity index (χ1v) is 11.9. The van der Waals surface area contributed by atoms with Gasteiger partial charge < -0.3 is 24.8 Å². The average molecular weight is 487 g/mol. The first kappa shape index (κ1) is 27.9. The number of aryl methyl sites for hydroxylation is 1. The first-order chi connectivity index (χ1) is 16.4. The van der Waals surface area contributed by atoms with Crippen LogP contribution < -0.4 is 15.4 Å². The number of hydrogen-bond acceptors (Lipinski definition) is 6. The van der Waals surface area contributed by atoms with Gasteiger partial charge in [-0.05, 0) is 57.7 Å². The van der Waals surface area contributed by atoms with Crippen LogP contribution in [0.1, 0.15) is 71.2 Å². The van der Waals surface area contributed by atoms with Gasteiger partial charge in [-0.2, -0.15) is 0 Å². The molecule has 9 nitrogen and oxygen atoms in total. The second-order valence-corrected chi connectivity index (χ2v) is 10.1. The van der Waals surface area contributed by atoms with E-state index in [4.69, 9.17) is 9.26 Å². The number of anilines is 1. The van der Waals surface area contributed by atoms with E-state index in [0.29, 0.717) is 41.8 Å². The molecule has 192 valence electrons. The molecule has 1 aromatic heterocycles. The Labute approximate surface area is 207 Å². The Hall–Kier alpha value is -3.36. The van der Waals surface area contributed by atoms with Crippen molar-refractivity contribution in [3.8, 4) is 5.75 Å². The molecule has 2 aromatic rings. The summed E-state index contributed by atoms with van der Waals surface area (Å²) in [6.07, 6.45) is 0.626. The lowest BCUT2D eigenvalue weighted by atomic mass is 9.99. The molecule has 1 aromatic carbocycles. The van der Waals surface area contributed by atoms with Gasteiger partial charge in [0.15, 0.2) is 5.82 Å². The van der Waals surface area contributed by atoms with Gasteiger partial charge in [-0.3, -0.25) is 14.4 Å². The minimum absolute atomic E-state index is 0.0425. The minimum atomic E-state index is -0.840. The van der Waals surface area contributed by atoms with E-state index in [0.717, 1.165) is 0 Å². The van der Waals surface area contributed by atoms with Crippen LogP contribution in [0.25, 0.3) is 0 Å². The van der Waals surface area contributed by atoms with Gasteiger partial charge in [0.2, 0.25) is 17.7 Å². The largest absolute Gasteiger partial charge is 0.497 e. The fourth-order valence-electron chi connectivity index (χ4n) is 3.49. The summed E-state index contributed by atoms with van der Waals surface area (Å²) in [7, 11) is 1.57. The molecule has 9 heteroatoms. The topological polar surface area (TPSA) is 114 Å². The van der Waals surface area contributed by atoms with Crippen molar-refractivity contribution in [2.75, 3.05) is 19.0 Å². The van der Waals surface area contributed by atoms with Crippen LogP contribution in [-0.2, 0) is 14.4 Å². The predicted molar refractivity (Wildman–Crippen MR) is 134 cm³/mol. The molecule has 1 heterocycles. The molecule has 0 radical (unpaired) electrons. The van der Waals surface area contributed by atoms with Crippen LogP contribution in [0, 0.1) is 12.8 Å². The lowest BCUT2D eigenvalue weighted by Crippen LogP contribution is -2.49. The zero-order valence-electron chi connectivity index (χ0n) is 21.8. The minimum Gasteiger partial charge on any atom is -0.497 e. The lowest BCUT2D eigenvalue weighted by molar-refractivity contribution is -0.142. The fraction of sp³-hybridized carbons (Fsp3) is 0.538. The molecule has 0 aliphatic heterocycles. The highest BCUT2D eigenvalue weighted by Gasteiger charge is 2.33. The lowest BCUT2D eigenvalue weighted by Gasteiger charge is -2.34. The summed E-state index contributed by atoms with van der Waals surface area (Å²) in [5, 5.41) is 9.37. The SMILES string of the molecule is COc1ccc([C@@H](C(=O)NC(C)(C)C)N(CCC(C)C)C(=O)CCC(=O)Nc2cc(C)on2)cc1. The Kier molecular flexibility index (Phi) is 9.86. The van der Waals surface area contributed by atoms with E-state index in [-0.39, 0.29) is 30.6 Å². The summed E-state index contributed by atoms with van der Waals surface area (Å²) < 4.78 is 10.2. The van der Waals surface area contributed by atoms with E-state index >= 15 is 0 Å². The van der Waals surface area contributed by atoms with Crippen molar-refractivity contribution in [2.45, 2.75) is 72.4 Å². The molecule has 35 heavy (non-hydrogen) atoms. The molecule has 0 aliphatic carbocycles. The highest BCUT2D eigenvalue weighted by atomic mass is 16.5. The van der Waals surface area contributed by atoms with Crippen molar-refractivity contribution in [3.05, 3.63) is 41.7 Å². The number of hydrogen-bond donors (Lipinski definition) is 2. The number of carbonyl (C=O) groups excluding carboxylic acids is 3. The number of amides is 3. The molecule has 0 saturated heterocycles. The fourth-order valence-corrected chi connectivity index (χ4v) is 3.49. The third kappa shape index (κ3) is 9.07. The highest BCUT2D eigenvalue weighted by Crippen LogP contribution is 2.26. The second kappa shape index (κ2) is 12.4. The average Bonchev–Trinajstić information content (AvgIpc) is 3.18. The van der Waals surface area contributed by atoms with Gasteiger partial charge in [0.1, 0.15) is 17.6 Å². The van der Waals surface area contributed by atoms with Gasteiger partial charge in [-0.1, -0.05) is 31.1 Å². The van der Waals surface area contributed by atoms with Crippen LogP contribution in [0.3, 0.4) is 0 Å². The first-order valence-electron chi connectivity index (χ1n) is 11.9. The molecule has 0 fully saturated rings. The van der Waals surface area contributed by atoms with Crippen molar-refractivity contribution >= 4 is 23.5 Å². The molecule has 3 amide bonds. The van der Waals surface area contributed by atoms with Gasteiger partial charge in [0, 0.05) is 31.0 Å². The Balaban J connectivity index is 2.28. The maximum Gasteiger partial charge on any atom is 0.247 e. The third-order valence-electron chi connectivity index (χ3n) is 5.22. The number of carbonyl (C=O) groups is 3. The summed E-state index contributed by atoms with van der Waals surface area (Å²) >= 11 is 0. The molecular weight excluding hydrogens is 448 g/mol. The van der Waals surface area contributed by atoms with Gasteiger partial charge in [0.25, 0.3) is 0 Å². The molecular formula is C26H38N4O5. The number of ether oxygens (including phenoxy) is 1. The van der Waals surface area contributed by atoms with Crippen LogP contribution in [-0.4, -0.2) is 47.0 Å². The molecule has 0 aliphatic rings. The summed E-state index contributed by atoms with van der Waals surface area (Å²) in [5.41, 5.74) is 0.191. The number of nitrogens with zero attached hydrogens (tertiary/aromatic N) is 2. The van der Waals surface area contributed by atoms with E-state index < -0.39 is 11.6 Å². The van der Waals surface area contributed by atoms with Crippen LogP contribution in [0.2, 0.25) is 0 Å². The molecule has 0 unspecified atom stereocenters. The van der Waals surface area contributed by atoms with Crippen LogP contribution >= 0.6 is 0 Å². The standard InChI is InChI=1S/C26H38N4O5/c1-17(2)14-15-30(23(32)13-12-22(31)27-21-16-18(3)35-29-21)24(25(33)28-26(4,5)6)19-8-10-20(34-7)11-9-19/h8-11,16-17,24H,12-15H2,1-7H3,(H,28,33)(H,27,29,31)/t24-/m0/s1. The zero-order chi connectivity index (χ0) is 26.2. The smallest absolute Gasteiger partial charge is 0.247 e. The van der Waals surface area contributed by atoms with Crippen molar-refractivity contribution in [1.82, 2.24) is 15.4 Å². The maximum atomic E-state index is 13.5. The van der Waals surface area contributed by atoms with E-state index in [1.165, 1.54) is 0 Å². The Bertz CT molecular complexity index is 992. The van der Waals surface area contributed by atoms with E-state index in [9.17, 15) is 14.4 Å². The Morgan fingerprint density at radius 3 is 2.29 bits per heavy atom. The summed E-state index contributed by atoms with van der Waals surface area (Å²) in [6.45, 7) is 11.9. The van der Waals surface area contributed by atoms with Gasteiger partial charge in [-0.15, -0.1) is 0 Å². The van der Waals surface area contributed by atoms with Crippen molar-refractivity contribution in [3.63, 3.8) is 0 Å². The van der Waals surface area contributed by atoms with Crippen LogP contribution in [0.4, 0.5) is 5.82 Å². The second-order valence-electron chi connectivity index (χ2n) is 10.1. The number of benzene rings is 1. The van der Waals surface area contributed by atoms with E-state index in [2.05, 4.69) is 29.6 Å². The summed E-state index contributed by atoms with van der Waals surface area (Å²) in [5.74, 6) is 0.954. The maximum absolute atomic E-state index is 13.5. The number of nitrogens with one attached hydrogen (secondary N) is 2. The Morgan fingerprint density at radius 1 is 1.11 bits per heavy atom. The van der Waals surface area contributed by atoms with E-state index in [1.54, 1.807) is 49.3 Å². The normalized spacial score (nSPS) is 12.2. The molecule has 0 spiro atoms. The molecule has 0 bridgehead atoms. The Morgan fingerprint density at radius 2 is 1.77 bits per heavy atom. The summed E-state index contributed by atoms with van der Waals surface area (Å²) in [4.78, 5) is 40.9. The van der Waals surface area contributed by atoms with Gasteiger partial charge >= 0.3 is 0 Å². The number of rotatable bonds is 11. The zero-order valence-corrected chi connectivity index (χ0v) is 21.8. The number of aromatic nitrogens is 1. The number of methoxy groups -OCH3 is 1. The van der Waals surface area contributed by atoms with Crippen LogP contribution in [0.5, 0.6) is 5.75 Å². The summed E-state index contributed by atoms with van der Waals surface area (Å²) in [6, 6.07) is 7.89. The monoisotopic (exact) mass is 486 g/mol. The van der Waals surface area contributed by atoms with Gasteiger partial charge in [0.05, 0.1) is 7.11 Å². The van der Waals surface area contributed by atoms with E-state index in [1.807, 2.05) is 20.8 Å². The molecule has 2 rings (SSSR count). The van der Waals surface area contributed by atoms with Gasteiger partial charge in [-0.25, -0.2) is 0 Å². The highest BCUT2D eigenvalue weighted by molar-refractivity contribution is 5.94. The molecule has 2 N–H and O–H groups in total. The molecule has 0 saturated carbocycles. The van der Waals surface area contributed by atoms with Crippen molar-refractivity contribution in [1.29, 1.82) is 0 Å². The molecule has 1 atom stereocenters. The van der Waals surface area contributed by atoms with Crippen molar-refractivity contribution < 1.29 is 23.6 Å². The quantitative estimate of drug-likeness (QED) is 0.491. The van der Waals surface area contributed by atoms with Crippen LogP contribution in [0.15, 0.2) is 34.9 Å². The van der Waals surface area contributed by atoms with Crippen molar-refractivity contribution in [2.24, 2.45) is 5.92 Å².